The minimum Gasteiger partial charge on any atom is -0.435 e. The molecule has 2 unspecified atom stereocenters. The summed E-state index contributed by atoms with van der Waals surface area (Å²) in [5.41, 5.74) is 0.431. The molecule has 0 bridgehead atoms. The third kappa shape index (κ3) is 3.33. The highest BCUT2D eigenvalue weighted by atomic mass is 29.3. The molecule has 8 heteroatoms. The maximum atomic E-state index is 6.01. The third-order valence-corrected chi connectivity index (χ3v) is 16.2. The first-order valence-corrected chi connectivity index (χ1v) is 13.5. The summed E-state index contributed by atoms with van der Waals surface area (Å²) in [7, 11) is -3.49. The van der Waals surface area contributed by atoms with Gasteiger partial charge in [0.15, 0.2) is 0 Å². The summed E-state index contributed by atoms with van der Waals surface area (Å²) in [6.07, 6.45) is 2.21. The number of fused-ring (bicyclic) bond motifs is 1. The van der Waals surface area contributed by atoms with Crippen LogP contribution in [-0.2, 0) is 17.1 Å². The van der Waals surface area contributed by atoms with Crippen LogP contribution in [0.3, 0.4) is 0 Å². The smallest absolute Gasteiger partial charge is 0.411 e. The molecule has 0 aromatic rings. The highest BCUT2D eigenvalue weighted by Gasteiger charge is 2.44. The minimum atomic E-state index is -1.58. The Hall–Kier alpha value is 0.708. The van der Waals surface area contributed by atoms with Gasteiger partial charge in [-0.2, -0.15) is 0 Å². The van der Waals surface area contributed by atoms with Crippen LogP contribution in [0.2, 0.25) is 19.6 Å². The van der Waals surface area contributed by atoms with Crippen LogP contribution in [0.15, 0.2) is 0 Å². The molecule has 0 amide bonds. The van der Waals surface area contributed by atoms with E-state index in [2.05, 4.69) is 19.6 Å². The van der Waals surface area contributed by atoms with E-state index in [-0.39, 0.29) is 10.0 Å². The van der Waals surface area contributed by atoms with Crippen molar-refractivity contribution in [3.05, 3.63) is 0 Å². The van der Waals surface area contributed by atoms with Crippen LogP contribution in [0, 0.1) is 0 Å². The van der Waals surface area contributed by atoms with Gasteiger partial charge in [-0.25, -0.2) is 0 Å². The first-order chi connectivity index (χ1) is 7.09. The summed E-state index contributed by atoms with van der Waals surface area (Å²) in [5, 5.41) is 0. The monoisotopic (exact) mass is 277 g/mol. The average molecular weight is 278 g/mol. The number of hydrogen-bond donors (Lipinski definition) is 0. The molecule has 2 fully saturated rings. The summed E-state index contributed by atoms with van der Waals surface area (Å²) in [4.78, 5) is 0. The highest BCUT2D eigenvalue weighted by Crippen LogP contribution is 2.24. The first-order valence-electron chi connectivity index (χ1n) is 5.30. The Morgan fingerprint density at radius 1 is 1.47 bits per heavy atom. The Balaban J connectivity index is 1.88. The van der Waals surface area contributed by atoms with E-state index in [1.165, 1.54) is 0 Å². The van der Waals surface area contributed by atoms with E-state index >= 15 is 0 Å². The van der Waals surface area contributed by atoms with Gasteiger partial charge in [0.25, 0.3) is 0 Å². The van der Waals surface area contributed by atoms with Crippen molar-refractivity contribution in [2.45, 2.75) is 38.2 Å². The topological polar surface area (TPSA) is 40.2 Å². The highest BCUT2D eigenvalue weighted by molar-refractivity contribution is 7.27. The fourth-order valence-electron chi connectivity index (χ4n) is 1.41. The van der Waals surface area contributed by atoms with Gasteiger partial charge in [0.2, 0.25) is 16.4 Å². The van der Waals surface area contributed by atoms with Gasteiger partial charge < -0.3 is 17.1 Å². The van der Waals surface area contributed by atoms with Crippen molar-refractivity contribution in [3.8, 4) is 0 Å². The molecule has 2 aliphatic heterocycles. The van der Waals surface area contributed by atoms with Gasteiger partial charge in [-0.1, -0.05) is 0 Å². The van der Waals surface area contributed by atoms with Gasteiger partial charge in [0, 0.05) is 6.61 Å². The fraction of sp³-hybridized carbons (Fsp3) is 1.00. The maximum Gasteiger partial charge on any atom is 0.411 e. The zero-order valence-electron chi connectivity index (χ0n) is 9.41. The van der Waals surface area contributed by atoms with Crippen molar-refractivity contribution < 1.29 is 17.1 Å². The molecule has 2 aliphatic rings. The second-order valence-electron chi connectivity index (χ2n) is 4.40. The standard InChI is InChI=1S/C7H17O4Si4/c1-13-10-12-11-14-7(9-14)5-4-6-8-15(13,2)3/h7,14H,4-6H2,1-3H3. The molecule has 0 N–H and O–H groups in total. The SMILES string of the molecule is C[Si]1O[Si]O[SiH]2OC2CCCO[Si]1(C)C. The first kappa shape index (κ1) is 12.2. The lowest BCUT2D eigenvalue weighted by Gasteiger charge is -2.27. The Kier molecular flexibility index (Phi) is 3.99. The Labute approximate surface area is 97.8 Å². The Morgan fingerprint density at radius 2 is 2.27 bits per heavy atom. The summed E-state index contributed by atoms with van der Waals surface area (Å²) in [5.74, 6) is 0. The molecular formula is C7H17O4Si4. The average Bonchev–Trinajstić information content (AvgIpc) is 2.90. The molecule has 2 rings (SSSR count). The number of hydrogen-bond acceptors (Lipinski definition) is 4. The molecule has 2 heterocycles. The van der Waals surface area contributed by atoms with Crippen LogP contribution in [0.1, 0.15) is 12.8 Å². The van der Waals surface area contributed by atoms with Crippen molar-refractivity contribution in [3.63, 3.8) is 0 Å². The van der Waals surface area contributed by atoms with Crippen LogP contribution in [0.4, 0.5) is 0 Å². The summed E-state index contributed by atoms with van der Waals surface area (Å²) in [6.45, 7) is 7.56. The maximum absolute atomic E-state index is 6.01. The van der Waals surface area contributed by atoms with E-state index in [9.17, 15) is 0 Å². The molecule has 0 spiro atoms. The van der Waals surface area contributed by atoms with E-state index in [0.717, 1.165) is 19.4 Å². The molecule has 0 aromatic heterocycles. The molecular weight excluding hydrogens is 260 g/mol. The fourth-order valence-corrected chi connectivity index (χ4v) is 10.2. The molecule has 4 nitrogen and oxygen atoms in total. The van der Waals surface area contributed by atoms with Crippen LogP contribution in [-0.4, -0.2) is 48.0 Å². The Bertz CT molecular complexity index is 227. The number of rotatable bonds is 0. The lowest BCUT2D eigenvalue weighted by Crippen LogP contribution is -2.49. The summed E-state index contributed by atoms with van der Waals surface area (Å²) >= 11 is 0. The summed E-state index contributed by atoms with van der Waals surface area (Å²) in [6, 6.07) is 0. The van der Waals surface area contributed by atoms with Crippen molar-refractivity contribution >= 4 is 35.7 Å². The van der Waals surface area contributed by atoms with Gasteiger partial charge in [0.1, 0.15) is 0 Å². The second kappa shape index (κ2) is 4.92. The van der Waals surface area contributed by atoms with E-state index in [4.69, 9.17) is 17.1 Å². The summed E-state index contributed by atoms with van der Waals surface area (Å²) < 4.78 is 22.9. The molecule has 0 aliphatic carbocycles. The van der Waals surface area contributed by atoms with Gasteiger partial charge in [0.05, 0.1) is 5.73 Å². The zero-order chi connectivity index (χ0) is 10.9. The zero-order valence-corrected chi connectivity index (χ0v) is 13.6. The van der Waals surface area contributed by atoms with E-state index in [1.54, 1.807) is 0 Å². The van der Waals surface area contributed by atoms with E-state index < -0.39 is 25.7 Å². The molecule has 2 atom stereocenters. The molecule has 0 aromatic carbocycles. The van der Waals surface area contributed by atoms with Gasteiger partial charge in [-0.3, -0.25) is 0 Å². The second-order valence-corrected chi connectivity index (χ2v) is 18.2. The Morgan fingerprint density at radius 3 is 3.07 bits per heavy atom. The van der Waals surface area contributed by atoms with E-state index in [1.807, 2.05) is 0 Å². The van der Waals surface area contributed by atoms with Gasteiger partial charge >= 0.3 is 19.3 Å². The van der Waals surface area contributed by atoms with Gasteiger partial charge in [-0.05, 0) is 32.5 Å². The molecule has 3 radical (unpaired) electrons. The van der Waals surface area contributed by atoms with Crippen LogP contribution in [0.5, 0.6) is 0 Å². The van der Waals surface area contributed by atoms with Crippen LogP contribution >= 0.6 is 0 Å². The lowest BCUT2D eigenvalue weighted by molar-refractivity contribution is 0.291. The predicted octanol–water partition coefficient (Wildman–Crippen LogP) is 0.427. The quantitative estimate of drug-likeness (QED) is 0.475. The van der Waals surface area contributed by atoms with E-state index in [0.29, 0.717) is 5.73 Å². The van der Waals surface area contributed by atoms with Gasteiger partial charge in [-0.15, -0.1) is 0 Å². The molecule has 15 heavy (non-hydrogen) atoms. The molecule has 0 saturated carbocycles. The lowest BCUT2D eigenvalue weighted by atomic mass is 10.3. The largest absolute Gasteiger partial charge is 0.435 e. The predicted molar refractivity (Wildman–Crippen MR) is 64.2 cm³/mol. The van der Waals surface area contributed by atoms with Crippen LogP contribution in [0.25, 0.3) is 0 Å². The van der Waals surface area contributed by atoms with Crippen LogP contribution < -0.4 is 0 Å². The normalized spacial score (nSPS) is 37.8. The minimum absolute atomic E-state index is 0.185. The van der Waals surface area contributed by atoms with Crippen molar-refractivity contribution in [1.29, 1.82) is 0 Å². The van der Waals surface area contributed by atoms with Crippen molar-refractivity contribution in [2.24, 2.45) is 0 Å². The van der Waals surface area contributed by atoms with Crippen molar-refractivity contribution in [1.82, 2.24) is 0 Å². The molecule has 2 saturated heterocycles. The third-order valence-electron chi connectivity index (χ3n) is 2.84. The van der Waals surface area contributed by atoms with Crippen molar-refractivity contribution in [2.75, 3.05) is 6.61 Å². The molecule has 85 valence electrons.